The second-order valence-electron chi connectivity index (χ2n) is 13.2. The van der Waals surface area contributed by atoms with E-state index in [2.05, 4.69) is 0 Å². The van der Waals surface area contributed by atoms with Gasteiger partial charge in [0.05, 0.1) is 6.10 Å². The summed E-state index contributed by atoms with van der Waals surface area (Å²) in [4.78, 5) is 45.8. The molecule has 0 amide bonds. The Hall–Kier alpha value is -2.65. The van der Waals surface area contributed by atoms with Crippen molar-refractivity contribution in [2.75, 3.05) is 20.0 Å². The summed E-state index contributed by atoms with van der Waals surface area (Å²) in [6, 6.07) is 0. The first kappa shape index (κ1) is 27.5. The van der Waals surface area contributed by atoms with E-state index in [-0.39, 0.29) is 48.4 Å². The number of hydrogen-bond acceptors (Lipinski definition) is 11. The fourth-order valence-corrected chi connectivity index (χ4v) is 9.58. The molecule has 5 fully saturated rings. The lowest BCUT2D eigenvalue weighted by molar-refractivity contribution is -0.967. The Labute approximate surface area is 230 Å². The van der Waals surface area contributed by atoms with Gasteiger partial charge in [0.1, 0.15) is 25.0 Å². The molecule has 5 unspecified atom stereocenters. The molecule has 3 saturated carbocycles. The highest BCUT2D eigenvalue weighted by Crippen LogP contribution is 2.71. The van der Waals surface area contributed by atoms with Crippen LogP contribution in [0.15, 0.2) is 23.8 Å². The van der Waals surface area contributed by atoms with Gasteiger partial charge in [-0.3, -0.25) is 4.79 Å². The van der Waals surface area contributed by atoms with Crippen molar-refractivity contribution >= 4 is 5.78 Å². The number of carbonyl (C=O) groups excluding carboxylic acids is 1. The van der Waals surface area contributed by atoms with E-state index in [0.717, 1.165) is 5.57 Å². The molecule has 2 saturated heterocycles. The number of nitrogens with one attached hydrogen (secondary N) is 1. The monoisotopic (exact) mass is 565 g/mol. The molecule has 0 aromatic rings. The van der Waals surface area contributed by atoms with Crippen molar-refractivity contribution < 1.29 is 43.9 Å². The summed E-state index contributed by atoms with van der Waals surface area (Å²) in [6.07, 6.45) is 5.26. The van der Waals surface area contributed by atoms with Crippen LogP contribution in [0.4, 0.5) is 0 Å². The van der Waals surface area contributed by atoms with Crippen LogP contribution in [-0.4, -0.2) is 65.0 Å². The fraction of sp³-hybridized carbons (Fsp3) is 0.808. The maximum absolute atomic E-state index is 14.2. The van der Waals surface area contributed by atoms with Gasteiger partial charge in [-0.15, -0.1) is 20.2 Å². The van der Waals surface area contributed by atoms with E-state index >= 15 is 0 Å². The minimum Gasteiger partial charge on any atom is -0.632 e. The molecule has 4 aliphatic carbocycles. The Morgan fingerprint density at radius 3 is 2.55 bits per heavy atom. The van der Waals surface area contributed by atoms with Crippen LogP contribution >= 0.6 is 0 Å². The molecule has 2 heterocycles. The third-order valence-electron chi connectivity index (χ3n) is 11.0. The number of ketones is 1. The van der Waals surface area contributed by atoms with Gasteiger partial charge >= 0.3 is 0 Å². The molecule has 0 spiro atoms. The highest BCUT2D eigenvalue weighted by atomic mass is 17.0. The molecule has 14 nitrogen and oxygen atoms in total. The van der Waals surface area contributed by atoms with Crippen LogP contribution in [0.1, 0.15) is 53.4 Å². The molecule has 1 N–H and O–H groups in total. The zero-order chi connectivity index (χ0) is 28.9. The van der Waals surface area contributed by atoms with Crippen LogP contribution in [0.25, 0.3) is 0 Å². The Morgan fingerprint density at radius 1 is 1.15 bits per heavy atom. The average Bonchev–Trinajstić information content (AvgIpc) is 3.48. The highest BCUT2D eigenvalue weighted by Gasteiger charge is 2.83. The number of carbonyl (C=O) groups is 1. The fourth-order valence-electron chi connectivity index (χ4n) is 9.58. The van der Waals surface area contributed by atoms with Crippen LogP contribution in [-0.2, 0) is 28.7 Å². The topological polar surface area (TPSA) is 177 Å². The number of nitrogens with zero attached hydrogens (tertiary/aromatic N) is 2. The maximum Gasteiger partial charge on any atom is 0.294 e. The molecule has 0 aromatic heterocycles. The minimum absolute atomic E-state index is 0.00257. The summed E-state index contributed by atoms with van der Waals surface area (Å²) in [5.41, 5.74) is -5.05. The summed E-state index contributed by atoms with van der Waals surface area (Å²) < 4.78 is 18.8. The quantitative estimate of drug-likeness (QED) is 0.279. The van der Waals surface area contributed by atoms with Crippen molar-refractivity contribution in [1.82, 2.24) is 0 Å². The number of rotatable bonds is 6. The van der Waals surface area contributed by atoms with E-state index in [1.54, 1.807) is 19.9 Å². The van der Waals surface area contributed by atoms with Crippen molar-refractivity contribution in [2.45, 2.75) is 82.5 Å². The summed E-state index contributed by atoms with van der Waals surface area (Å²) in [5.74, 6) is -0.705. The van der Waals surface area contributed by atoms with Crippen molar-refractivity contribution in [3.63, 3.8) is 0 Å². The van der Waals surface area contributed by atoms with E-state index in [9.17, 15) is 30.2 Å². The largest absolute Gasteiger partial charge is 0.632 e. The van der Waals surface area contributed by atoms with Crippen molar-refractivity contribution in [1.29, 1.82) is 0 Å². The van der Waals surface area contributed by atoms with E-state index in [1.807, 2.05) is 19.9 Å². The van der Waals surface area contributed by atoms with Crippen molar-refractivity contribution in [2.24, 2.45) is 28.6 Å². The molecule has 40 heavy (non-hydrogen) atoms. The van der Waals surface area contributed by atoms with Crippen molar-refractivity contribution in [3.8, 4) is 0 Å². The van der Waals surface area contributed by atoms with E-state index in [4.69, 9.17) is 23.9 Å². The Balaban J connectivity index is 1.50. The van der Waals surface area contributed by atoms with E-state index in [0.29, 0.717) is 19.3 Å². The van der Waals surface area contributed by atoms with Crippen molar-refractivity contribution in [3.05, 3.63) is 49.2 Å². The zero-order valence-corrected chi connectivity index (χ0v) is 23.0. The van der Waals surface area contributed by atoms with Gasteiger partial charge in [-0.25, -0.2) is 0 Å². The van der Waals surface area contributed by atoms with Crippen LogP contribution in [0.2, 0.25) is 0 Å². The molecular weight excluding hydrogens is 530 g/mol. The first-order valence-electron chi connectivity index (χ1n) is 13.7. The van der Waals surface area contributed by atoms with Crippen LogP contribution in [0.5, 0.6) is 0 Å². The second-order valence-corrected chi connectivity index (χ2v) is 13.2. The van der Waals surface area contributed by atoms with Crippen LogP contribution in [0.3, 0.4) is 0 Å². The minimum atomic E-state index is -1.87. The van der Waals surface area contributed by atoms with Gasteiger partial charge in [0, 0.05) is 16.7 Å². The second kappa shape index (κ2) is 8.68. The Bertz CT molecular complexity index is 1210. The van der Waals surface area contributed by atoms with Gasteiger partial charge in [0.15, 0.2) is 18.0 Å². The average molecular weight is 566 g/mol. The molecule has 0 aromatic carbocycles. The predicted molar refractivity (Wildman–Crippen MR) is 133 cm³/mol. The van der Waals surface area contributed by atoms with Crippen LogP contribution in [0, 0.1) is 54.0 Å². The molecule has 6 rings (SSSR count). The maximum atomic E-state index is 14.2. The molecule has 10 atom stereocenters. The Morgan fingerprint density at radius 2 is 1.90 bits per heavy atom. The first-order chi connectivity index (χ1) is 18.7. The van der Waals surface area contributed by atoms with Gasteiger partial charge in [0.25, 0.3) is 15.9 Å². The van der Waals surface area contributed by atoms with Gasteiger partial charge in [-0.05, 0) is 63.5 Å². The third-order valence-corrected chi connectivity index (χ3v) is 11.0. The number of hydroxylamine groups is 2. The molecule has 0 bridgehead atoms. The van der Waals surface area contributed by atoms with Crippen LogP contribution < -0.4 is 5.06 Å². The van der Waals surface area contributed by atoms with Gasteiger partial charge in [-0.1, -0.05) is 25.5 Å². The molecule has 2 aliphatic heterocycles. The Kier molecular flexibility index (Phi) is 5.97. The standard InChI is InChI=1S/C26H35N3O11/c1-22(2)12-37-25(27(22)31,13-39-28(32)33)26-20(36-14-38-26)10-18-17-6-5-15-9-16(30)7-8-23(15,3)21(17)19(40-29(34)35)11-24(18,26)4/h7-9,17-21,27H,5-6,10-14H2,1-4H3/t17?,18?,19-,20+,21?,23-,24-,25?,26+/m0/s1. The van der Waals surface area contributed by atoms with E-state index < -0.39 is 56.7 Å². The lowest BCUT2D eigenvalue weighted by atomic mass is 9.45. The SMILES string of the molecule is CC1(C)COC(CO[N+](=O)[O-])([C@@]23OCO[C@@H]2CC2C4CCC5=CC(=O)C=C[C@]5(C)C4[C@@H](O[N+](=O)[O-])C[C@@]23C)[NH+]1[O-]. The third kappa shape index (κ3) is 3.36. The summed E-state index contributed by atoms with van der Waals surface area (Å²) in [5, 5.41) is 35.3. The molecule has 220 valence electrons. The van der Waals surface area contributed by atoms with Gasteiger partial charge in [0.2, 0.25) is 0 Å². The lowest BCUT2D eigenvalue weighted by Gasteiger charge is -2.62. The normalized spacial score (nSPS) is 48.4. The number of quaternary nitrogens is 1. The summed E-state index contributed by atoms with van der Waals surface area (Å²) in [7, 11) is 0. The smallest absolute Gasteiger partial charge is 0.294 e. The van der Waals surface area contributed by atoms with Gasteiger partial charge < -0.3 is 34.2 Å². The van der Waals surface area contributed by atoms with Gasteiger partial charge in [-0.2, -0.15) is 0 Å². The predicted octanol–water partition coefficient (Wildman–Crippen LogP) is 1.30. The molecule has 0 radical (unpaired) electrons. The molecule has 6 aliphatic rings. The number of allylic oxidation sites excluding steroid dienone is 4. The molecular formula is C26H35N3O11. The first-order valence-corrected chi connectivity index (χ1v) is 13.7. The number of ether oxygens (including phenoxy) is 3. The zero-order valence-electron chi connectivity index (χ0n) is 23.0. The molecule has 14 heteroatoms. The summed E-state index contributed by atoms with van der Waals surface area (Å²) in [6.45, 7) is 6.49. The van der Waals surface area contributed by atoms with E-state index in [1.165, 1.54) is 6.08 Å². The number of hydrogen-bond donors (Lipinski definition) is 1. The number of fused-ring (bicyclic) bond motifs is 7. The summed E-state index contributed by atoms with van der Waals surface area (Å²) >= 11 is 0. The highest BCUT2D eigenvalue weighted by molar-refractivity contribution is 6.01. The lowest BCUT2D eigenvalue weighted by Crippen LogP contribution is -3.24.